The van der Waals surface area contributed by atoms with Crippen LogP contribution in [0.3, 0.4) is 0 Å². The smallest absolute Gasteiger partial charge is 0.0900 e. The van der Waals surface area contributed by atoms with Crippen LogP contribution in [0.15, 0.2) is 30.5 Å². The predicted octanol–water partition coefficient (Wildman–Crippen LogP) is 4.26. The number of aromatic amines is 1. The molecule has 4 heteroatoms. The molecule has 0 spiro atoms. The summed E-state index contributed by atoms with van der Waals surface area (Å²) in [5.74, 6) is 0. The lowest BCUT2D eigenvalue weighted by molar-refractivity contribution is 0.274. The van der Waals surface area contributed by atoms with Gasteiger partial charge in [-0.25, -0.2) is 4.98 Å². The molecule has 21 heavy (non-hydrogen) atoms. The van der Waals surface area contributed by atoms with Crippen molar-refractivity contribution in [1.29, 1.82) is 0 Å². The molecule has 0 aliphatic carbocycles. The fourth-order valence-corrected chi connectivity index (χ4v) is 3.69. The number of benzene rings is 1. The Bertz CT molecular complexity index is 741. The van der Waals surface area contributed by atoms with Gasteiger partial charge in [-0.1, -0.05) is 25.1 Å². The first kappa shape index (κ1) is 14.3. The second-order valence-corrected chi connectivity index (χ2v) is 6.69. The molecule has 2 heterocycles. The van der Waals surface area contributed by atoms with Crippen molar-refractivity contribution in [2.45, 2.75) is 33.9 Å². The average molecular weight is 299 g/mol. The lowest BCUT2D eigenvalue weighted by Crippen LogP contribution is -2.22. The second kappa shape index (κ2) is 6.00. The van der Waals surface area contributed by atoms with Crippen LogP contribution in [-0.4, -0.2) is 21.4 Å². The Balaban J connectivity index is 1.79. The molecular weight excluding hydrogens is 278 g/mol. The quantitative estimate of drug-likeness (QED) is 0.763. The number of nitrogens with zero attached hydrogens (tertiary/aromatic N) is 2. The summed E-state index contributed by atoms with van der Waals surface area (Å²) in [4.78, 5) is 11.7. The summed E-state index contributed by atoms with van der Waals surface area (Å²) < 4.78 is 0. The molecule has 0 radical (unpaired) electrons. The summed E-state index contributed by atoms with van der Waals surface area (Å²) in [5, 5.41) is 2.49. The molecule has 0 atom stereocenters. The molecule has 0 bridgehead atoms. The van der Waals surface area contributed by atoms with E-state index in [0.29, 0.717) is 0 Å². The van der Waals surface area contributed by atoms with Crippen molar-refractivity contribution in [2.75, 3.05) is 6.54 Å². The van der Waals surface area contributed by atoms with E-state index < -0.39 is 0 Å². The van der Waals surface area contributed by atoms with Crippen molar-refractivity contribution in [3.63, 3.8) is 0 Å². The molecule has 110 valence electrons. The summed E-state index contributed by atoms with van der Waals surface area (Å²) in [6.45, 7) is 9.40. The van der Waals surface area contributed by atoms with Crippen molar-refractivity contribution in [3.8, 4) is 0 Å². The van der Waals surface area contributed by atoms with Gasteiger partial charge in [-0.05, 0) is 32.0 Å². The molecule has 1 aromatic carbocycles. The standard InChI is InChI=1S/C17H21N3S/c1-4-20(11-17-12(2)19-13(3)21-17)10-14-9-18-16-8-6-5-7-15(14)16/h5-9,18H,4,10-11H2,1-3H3. The number of H-pyrrole nitrogens is 1. The van der Waals surface area contributed by atoms with E-state index in [1.807, 2.05) is 11.3 Å². The molecule has 3 rings (SSSR count). The van der Waals surface area contributed by atoms with Gasteiger partial charge in [0.25, 0.3) is 0 Å². The van der Waals surface area contributed by atoms with Crippen LogP contribution in [0.1, 0.15) is 28.1 Å². The van der Waals surface area contributed by atoms with E-state index in [9.17, 15) is 0 Å². The van der Waals surface area contributed by atoms with Crippen molar-refractivity contribution in [2.24, 2.45) is 0 Å². The summed E-state index contributed by atoms with van der Waals surface area (Å²) >= 11 is 1.81. The summed E-state index contributed by atoms with van der Waals surface area (Å²) in [6.07, 6.45) is 2.14. The highest BCUT2D eigenvalue weighted by Gasteiger charge is 2.12. The SMILES string of the molecule is CCN(Cc1sc(C)nc1C)Cc1c[nH]c2ccccc12. The third kappa shape index (κ3) is 3.01. The Hall–Kier alpha value is -1.65. The molecule has 0 aliphatic rings. The normalized spacial score (nSPS) is 11.6. The maximum atomic E-state index is 4.53. The highest BCUT2D eigenvalue weighted by molar-refractivity contribution is 7.11. The predicted molar refractivity (Wildman–Crippen MR) is 89.7 cm³/mol. The zero-order valence-corrected chi connectivity index (χ0v) is 13.6. The largest absolute Gasteiger partial charge is 0.361 e. The van der Waals surface area contributed by atoms with E-state index in [-0.39, 0.29) is 0 Å². The fourth-order valence-electron chi connectivity index (χ4n) is 2.71. The molecular formula is C17H21N3S. The second-order valence-electron chi connectivity index (χ2n) is 5.40. The topological polar surface area (TPSA) is 31.9 Å². The number of hydrogen-bond acceptors (Lipinski definition) is 3. The van der Waals surface area contributed by atoms with Crippen LogP contribution >= 0.6 is 11.3 Å². The van der Waals surface area contributed by atoms with Gasteiger partial charge in [0.15, 0.2) is 0 Å². The van der Waals surface area contributed by atoms with E-state index >= 15 is 0 Å². The number of aromatic nitrogens is 2. The maximum Gasteiger partial charge on any atom is 0.0900 e. The third-order valence-electron chi connectivity index (χ3n) is 3.88. The van der Waals surface area contributed by atoms with Crippen LogP contribution in [-0.2, 0) is 13.1 Å². The van der Waals surface area contributed by atoms with Crippen LogP contribution < -0.4 is 0 Å². The van der Waals surface area contributed by atoms with Crippen LogP contribution in [0.25, 0.3) is 10.9 Å². The summed E-state index contributed by atoms with van der Waals surface area (Å²) in [6, 6.07) is 8.50. The minimum Gasteiger partial charge on any atom is -0.361 e. The number of para-hydroxylation sites is 1. The van der Waals surface area contributed by atoms with Crippen molar-refractivity contribution < 1.29 is 0 Å². The van der Waals surface area contributed by atoms with Gasteiger partial charge in [0.2, 0.25) is 0 Å². The van der Waals surface area contributed by atoms with E-state index in [1.54, 1.807) is 0 Å². The first-order valence-electron chi connectivity index (χ1n) is 7.37. The first-order chi connectivity index (χ1) is 10.2. The molecule has 2 aromatic heterocycles. The Morgan fingerprint density at radius 3 is 2.71 bits per heavy atom. The molecule has 0 saturated carbocycles. The van der Waals surface area contributed by atoms with Crippen LogP contribution in [0.5, 0.6) is 0 Å². The minimum absolute atomic E-state index is 0.969. The van der Waals surface area contributed by atoms with Gasteiger partial charge >= 0.3 is 0 Å². The Labute approximate surface area is 129 Å². The zero-order valence-electron chi connectivity index (χ0n) is 12.8. The Morgan fingerprint density at radius 2 is 2.00 bits per heavy atom. The van der Waals surface area contributed by atoms with E-state index in [0.717, 1.165) is 24.6 Å². The monoisotopic (exact) mass is 299 g/mol. The molecule has 0 amide bonds. The highest BCUT2D eigenvalue weighted by Crippen LogP contribution is 2.23. The summed E-state index contributed by atoms with van der Waals surface area (Å²) in [5.41, 5.74) is 3.76. The van der Waals surface area contributed by atoms with Crippen LogP contribution in [0.4, 0.5) is 0 Å². The number of rotatable bonds is 5. The molecule has 0 saturated heterocycles. The third-order valence-corrected chi connectivity index (χ3v) is 4.94. The number of hydrogen-bond donors (Lipinski definition) is 1. The number of aryl methyl sites for hydroxylation is 2. The van der Waals surface area contributed by atoms with Crippen LogP contribution in [0.2, 0.25) is 0 Å². The maximum absolute atomic E-state index is 4.53. The molecule has 3 nitrogen and oxygen atoms in total. The van der Waals surface area contributed by atoms with E-state index in [4.69, 9.17) is 0 Å². The van der Waals surface area contributed by atoms with Crippen molar-refractivity contribution >= 4 is 22.2 Å². The highest BCUT2D eigenvalue weighted by atomic mass is 32.1. The van der Waals surface area contributed by atoms with E-state index in [1.165, 1.54) is 27.0 Å². The van der Waals surface area contributed by atoms with Gasteiger partial charge in [0.1, 0.15) is 0 Å². The lowest BCUT2D eigenvalue weighted by atomic mass is 10.1. The van der Waals surface area contributed by atoms with Crippen LogP contribution in [0, 0.1) is 13.8 Å². The number of thiazole rings is 1. The van der Waals surface area contributed by atoms with Gasteiger partial charge in [0, 0.05) is 35.1 Å². The van der Waals surface area contributed by atoms with E-state index in [2.05, 4.69) is 66.1 Å². The molecule has 0 fully saturated rings. The van der Waals surface area contributed by atoms with Gasteiger partial charge in [-0.3, -0.25) is 4.90 Å². The van der Waals surface area contributed by atoms with Gasteiger partial charge in [0.05, 0.1) is 10.7 Å². The molecule has 0 unspecified atom stereocenters. The van der Waals surface area contributed by atoms with Gasteiger partial charge in [-0.2, -0.15) is 0 Å². The zero-order chi connectivity index (χ0) is 14.8. The molecule has 3 aromatic rings. The minimum atomic E-state index is 0.969. The first-order valence-corrected chi connectivity index (χ1v) is 8.19. The number of fused-ring (bicyclic) bond motifs is 1. The number of nitrogens with one attached hydrogen (secondary N) is 1. The summed E-state index contributed by atoms with van der Waals surface area (Å²) in [7, 11) is 0. The Morgan fingerprint density at radius 1 is 1.19 bits per heavy atom. The van der Waals surface area contributed by atoms with Gasteiger partial charge < -0.3 is 4.98 Å². The Kier molecular flexibility index (Phi) is 4.08. The average Bonchev–Trinajstić information content (AvgIpc) is 3.02. The molecule has 1 N–H and O–H groups in total. The fraction of sp³-hybridized carbons (Fsp3) is 0.353. The van der Waals surface area contributed by atoms with Crippen molar-refractivity contribution in [3.05, 3.63) is 51.6 Å². The lowest BCUT2D eigenvalue weighted by Gasteiger charge is -2.19. The molecule has 0 aliphatic heterocycles. The van der Waals surface area contributed by atoms with Crippen molar-refractivity contribution in [1.82, 2.24) is 14.9 Å². The van der Waals surface area contributed by atoms with Gasteiger partial charge in [-0.15, -0.1) is 11.3 Å².